The molecular formula is C24H23N3O3S. The standard InChI is InChI=1S/C24H23N3O3S/c1-17-4-11-22(12-5-17)31(29,30)27(3)23-13-8-20(16-18(23)2)24(28)26-21-9-6-19(7-10-21)14-15-25/h4-13,16H,14H2,1-3H3,(H,26,28). The number of nitriles is 1. The second kappa shape index (κ2) is 9.02. The van der Waals surface area contributed by atoms with E-state index < -0.39 is 10.0 Å². The Balaban J connectivity index is 1.79. The lowest BCUT2D eigenvalue weighted by atomic mass is 10.1. The monoisotopic (exact) mass is 433 g/mol. The molecule has 0 aliphatic carbocycles. The molecule has 3 aromatic rings. The Bertz CT molecular complexity index is 1240. The van der Waals surface area contributed by atoms with Crippen molar-refractivity contribution in [3.8, 4) is 6.07 Å². The highest BCUT2D eigenvalue weighted by molar-refractivity contribution is 7.92. The van der Waals surface area contributed by atoms with Gasteiger partial charge in [0.2, 0.25) is 0 Å². The number of rotatable bonds is 6. The molecule has 0 fully saturated rings. The zero-order chi connectivity index (χ0) is 22.6. The van der Waals surface area contributed by atoms with Crippen LogP contribution in [0.5, 0.6) is 0 Å². The van der Waals surface area contributed by atoms with Crippen molar-refractivity contribution in [1.82, 2.24) is 0 Å². The summed E-state index contributed by atoms with van der Waals surface area (Å²) in [6.07, 6.45) is 0.313. The molecule has 0 bridgehead atoms. The summed E-state index contributed by atoms with van der Waals surface area (Å²) in [5.74, 6) is -0.299. The van der Waals surface area contributed by atoms with Crippen LogP contribution in [0.3, 0.4) is 0 Å². The van der Waals surface area contributed by atoms with Gasteiger partial charge in [-0.1, -0.05) is 29.8 Å². The van der Waals surface area contributed by atoms with Crippen LogP contribution in [0, 0.1) is 25.2 Å². The first-order chi connectivity index (χ1) is 14.7. The molecule has 0 saturated carbocycles. The fourth-order valence-corrected chi connectivity index (χ4v) is 4.41. The third-order valence-corrected chi connectivity index (χ3v) is 6.76. The number of hydrogen-bond donors (Lipinski definition) is 1. The molecule has 0 aromatic heterocycles. The van der Waals surface area contributed by atoms with Gasteiger partial charge in [-0.2, -0.15) is 5.26 Å². The minimum absolute atomic E-state index is 0.210. The molecule has 0 aliphatic heterocycles. The highest BCUT2D eigenvalue weighted by Crippen LogP contribution is 2.26. The van der Waals surface area contributed by atoms with Gasteiger partial charge in [-0.05, 0) is 67.4 Å². The van der Waals surface area contributed by atoms with Gasteiger partial charge >= 0.3 is 0 Å². The summed E-state index contributed by atoms with van der Waals surface area (Å²) in [4.78, 5) is 12.8. The number of benzene rings is 3. The van der Waals surface area contributed by atoms with Crippen molar-refractivity contribution in [3.63, 3.8) is 0 Å². The molecule has 0 radical (unpaired) electrons. The average Bonchev–Trinajstić information content (AvgIpc) is 2.75. The molecule has 0 aliphatic rings. The van der Waals surface area contributed by atoms with Crippen molar-refractivity contribution in [1.29, 1.82) is 5.26 Å². The highest BCUT2D eigenvalue weighted by atomic mass is 32.2. The molecule has 3 rings (SSSR count). The molecule has 0 atom stereocenters. The Morgan fingerprint density at radius 2 is 1.65 bits per heavy atom. The van der Waals surface area contributed by atoms with Crippen LogP contribution in [0.2, 0.25) is 0 Å². The Labute approximate surface area is 182 Å². The van der Waals surface area contributed by atoms with Crippen molar-refractivity contribution in [2.75, 3.05) is 16.7 Å². The first kappa shape index (κ1) is 22.1. The van der Waals surface area contributed by atoms with Crippen LogP contribution in [0.25, 0.3) is 0 Å². The number of sulfonamides is 1. The summed E-state index contributed by atoms with van der Waals surface area (Å²) in [6, 6.07) is 20.7. The molecule has 3 aromatic carbocycles. The van der Waals surface area contributed by atoms with Crippen LogP contribution in [-0.2, 0) is 16.4 Å². The average molecular weight is 434 g/mol. The maximum absolute atomic E-state index is 13.0. The molecule has 31 heavy (non-hydrogen) atoms. The van der Waals surface area contributed by atoms with Crippen LogP contribution >= 0.6 is 0 Å². The van der Waals surface area contributed by atoms with Crippen LogP contribution in [0.1, 0.15) is 27.0 Å². The molecule has 0 spiro atoms. The first-order valence-corrected chi connectivity index (χ1v) is 11.1. The number of carbonyl (C=O) groups is 1. The fourth-order valence-electron chi connectivity index (χ4n) is 3.15. The van der Waals surface area contributed by atoms with Crippen LogP contribution in [0.15, 0.2) is 71.6 Å². The topological polar surface area (TPSA) is 90.3 Å². The number of aryl methyl sites for hydroxylation is 2. The van der Waals surface area contributed by atoms with E-state index in [1.165, 1.54) is 11.4 Å². The normalized spacial score (nSPS) is 10.9. The molecular weight excluding hydrogens is 410 g/mol. The third kappa shape index (κ3) is 4.93. The van der Waals surface area contributed by atoms with Gasteiger partial charge in [0.25, 0.3) is 15.9 Å². The van der Waals surface area contributed by atoms with E-state index in [0.717, 1.165) is 11.1 Å². The van der Waals surface area contributed by atoms with Gasteiger partial charge in [0.15, 0.2) is 0 Å². The number of nitrogens with zero attached hydrogens (tertiary/aromatic N) is 2. The summed E-state index contributed by atoms with van der Waals surface area (Å²) in [7, 11) is -2.21. The van der Waals surface area contributed by atoms with Gasteiger partial charge in [-0.25, -0.2) is 8.42 Å². The van der Waals surface area contributed by atoms with E-state index in [1.54, 1.807) is 73.7 Å². The van der Waals surface area contributed by atoms with Crippen LogP contribution < -0.4 is 9.62 Å². The SMILES string of the molecule is Cc1ccc(S(=O)(=O)N(C)c2ccc(C(=O)Nc3ccc(CC#N)cc3)cc2C)cc1. The third-order valence-electron chi connectivity index (χ3n) is 4.97. The van der Waals surface area contributed by atoms with Gasteiger partial charge in [0.1, 0.15) is 0 Å². The molecule has 7 heteroatoms. The summed E-state index contributed by atoms with van der Waals surface area (Å²) < 4.78 is 27.1. The van der Waals surface area contributed by atoms with Crippen molar-refractivity contribution < 1.29 is 13.2 Å². The number of anilines is 2. The Morgan fingerprint density at radius 3 is 2.23 bits per heavy atom. The van der Waals surface area contributed by atoms with Crippen molar-refractivity contribution >= 4 is 27.3 Å². The predicted octanol–water partition coefficient (Wildman–Crippen LogP) is 4.45. The summed E-state index contributed by atoms with van der Waals surface area (Å²) in [5, 5.41) is 11.5. The van der Waals surface area contributed by atoms with E-state index in [9.17, 15) is 13.2 Å². The molecule has 0 unspecified atom stereocenters. The minimum Gasteiger partial charge on any atom is -0.322 e. The quantitative estimate of drug-likeness (QED) is 0.622. The minimum atomic E-state index is -3.71. The van der Waals surface area contributed by atoms with E-state index in [1.807, 2.05) is 6.92 Å². The van der Waals surface area contributed by atoms with E-state index >= 15 is 0 Å². The van der Waals surface area contributed by atoms with Gasteiger partial charge < -0.3 is 5.32 Å². The molecule has 158 valence electrons. The first-order valence-electron chi connectivity index (χ1n) is 9.66. The number of carbonyl (C=O) groups excluding carboxylic acids is 1. The van der Waals surface area contributed by atoms with Gasteiger partial charge in [-0.15, -0.1) is 0 Å². The number of hydrogen-bond acceptors (Lipinski definition) is 4. The van der Waals surface area contributed by atoms with E-state index in [-0.39, 0.29) is 10.8 Å². The van der Waals surface area contributed by atoms with Gasteiger partial charge in [0, 0.05) is 18.3 Å². The van der Waals surface area contributed by atoms with Crippen LogP contribution in [0.4, 0.5) is 11.4 Å². The maximum Gasteiger partial charge on any atom is 0.264 e. The molecule has 6 nitrogen and oxygen atoms in total. The Kier molecular flexibility index (Phi) is 6.42. The van der Waals surface area contributed by atoms with Crippen LogP contribution in [-0.4, -0.2) is 21.4 Å². The summed E-state index contributed by atoms with van der Waals surface area (Å²) >= 11 is 0. The number of nitrogens with one attached hydrogen (secondary N) is 1. The van der Waals surface area contributed by atoms with Gasteiger partial charge in [-0.3, -0.25) is 9.10 Å². The smallest absolute Gasteiger partial charge is 0.264 e. The zero-order valence-electron chi connectivity index (χ0n) is 17.6. The molecule has 0 saturated heterocycles. The Hall–Kier alpha value is -3.63. The van der Waals surface area contributed by atoms with E-state index in [4.69, 9.17) is 5.26 Å². The van der Waals surface area contributed by atoms with Crippen molar-refractivity contribution in [2.45, 2.75) is 25.2 Å². The number of amides is 1. The molecule has 1 N–H and O–H groups in total. The van der Waals surface area contributed by atoms with E-state index in [2.05, 4.69) is 11.4 Å². The lowest BCUT2D eigenvalue weighted by molar-refractivity contribution is 0.102. The second-order valence-corrected chi connectivity index (χ2v) is 9.24. The fraction of sp³-hybridized carbons (Fsp3) is 0.167. The van der Waals surface area contributed by atoms with Crippen molar-refractivity contribution in [2.24, 2.45) is 0 Å². The zero-order valence-corrected chi connectivity index (χ0v) is 18.4. The largest absolute Gasteiger partial charge is 0.322 e. The van der Waals surface area contributed by atoms with Crippen molar-refractivity contribution in [3.05, 3.63) is 89.0 Å². The second-order valence-electron chi connectivity index (χ2n) is 7.27. The molecule has 1 amide bonds. The lowest BCUT2D eigenvalue weighted by Gasteiger charge is -2.22. The summed E-state index contributed by atoms with van der Waals surface area (Å²) in [6.45, 7) is 3.67. The predicted molar refractivity (Wildman–Crippen MR) is 122 cm³/mol. The maximum atomic E-state index is 13.0. The summed E-state index contributed by atoms with van der Waals surface area (Å²) in [5.41, 5.74) is 4.05. The highest BCUT2D eigenvalue weighted by Gasteiger charge is 2.23. The van der Waals surface area contributed by atoms with E-state index in [0.29, 0.717) is 28.9 Å². The Morgan fingerprint density at radius 1 is 1.00 bits per heavy atom. The molecule has 0 heterocycles. The van der Waals surface area contributed by atoms with Gasteiger partial charge in [0.05, 0.1) is 23.1 Å². The lowest BCUT2D eigenvalue weighted by Crippen LogP contribution is -2.27.